The van der Waals surface area contributed by atoms with E-state index in [-0.39, 0.29) is 6.04 Å². The summed E-state index contributed by atoms with van der Waals surface area (Å²) in [5, 5.41) is 0. The SMILES string of the molecule is CC(N)c1nccc(-c2ccccc2Br)n1. The van der Waals surface area contributed by atoms with Gasteiger partial charge in [0.25, 0.3) is 0 Å². The molecule has 2 aromatic rings. The zero-order valence-corrected chi connectivity index (χ0v) is 10.5. The van der Waals surface area contributed by atoms with Crippen molar-refractivity contribution in [3.05, 3.63) is 46.8 Å². The Hall–Kier alpha value is -1.26. The predicted molar refractivity (Wildman–Crippen MR) is 67.8 cm³/mol. The lowest BCUT2D eigenvalue weighted by Gasteiger charge is -2.07. The fourth-order valence-corrected chi connectivity index (χ4v) is 1.90. The fourth-order valence-electron chi connectivity index (χ4n) is 1.41. The summed E-state index contributed by atoms with van der Waals surface area (Å²) in [7, 11) is 0. The Balaban J connectivity index is 2.49. The van der Waals surface area contributed by atoms with Gasteiger partial charge >= 0.3 is 0 Å². The Kier molecular flexibility index (Phi) is 3.31. The lowest BCUT2D eigenvalue weighted by Crippen LogP contribution is -2.09. The maximum Gasteiger partial charge on any atom is 0.145 e. The van der Waals surface area contributed by atoms with Gasteiger partial charge in [0.2, 0.25) is 0 Å². The number of nitrogens with two attached hydrogens (primary N) is 1. The molecule has 16 heavy (non-hydrogen) atoms. The molecule has 1 atom stereocenters. The number of hydrogen-bond donors (Lipinski definition) is 1. The molecule has 0 spiro atoms. The van der Waals surface area contributed by atoms with E-state index in [1.807, 2.05) is 37.3 Å². The Bertz CT molecular complexity index is 497. The van der Waals surface area contributed by atoms with E-state index in [9.17, 15) is 0 Å². The van der Waals surface area contributed by atoms with Crippen LogP contribution in [0.3, 0.4) is 0 Å². The number of benzene rings is 1. The van der Waals surface area contributed by atoms with Crippen LogP contribution in [-0.4, -0.2) is 9.97 Å². The van der Waals surface area contributed by atoms with Gasteiger partial charge in [-0.3, -0.25) is 0 Å². The number of aromatic nitrogens is 2. The highest BCUT2D eigenvalue weighted by Crippen LogP contribution is 2.26. The second-order valence-electron chi connectivity index (χ2n) is 3.57. The highest BCUT2D eigenvalue weighted by molar-refractivity contribution is 9.10. The summed E-state index contributed by atoms with van der Waals surface area (Å²) in [6.07, 6.45) is 1.74. The maximum absolute atomic E-state index is 5.76. The van der Waals surface area contributed by atoms with Crippen molar-refractivity contribution >= 4 is 15.9 Å². The molecule has 4 heteroatoms. The second kappa shape index (κ2) is 4.72. The summed E-state index contributed by atoms with van der Waals surface area (Å²) < 4.78 is 1.02. The van der Waals surface area contributed by atoms with Gasteiger partial charge in [-0.05, 0) is 19.1 Å². The molecule has 0 radical (unpaired) electrons. The minimum atomic E-state index is -0.151. The lowest BCUT2D eigenvalue weighted by molar-refractivity contribution is 0.740. The molecule has 2 rings (SSSR count). The molecule has 1 unspecified atom stereocenters. The van der Waals surface area contributed by atoms with Crippen LogP contribution in [0.2, 0.25) is 0 Å². The molecule has 0 aliphatic rings. The van der Waals surface area contributed by atoms with Crippen LogP contribution in [0.5, 0.6) is 0 Å². The average Bonchev–Trinajstić information content (AvgIpc) is 2.30. The Morgan fingerprint density at radius 2 is 2.00 bits per heavy atom. The van der Waals surface area contributed by atoms with Crippen molar-refractivity contribution in [1.82, 2.24) is 9.97 Å². The molecule has 0 aliphatic carbocycles. The molecule has 3 nitrogen and oxygen atoms in total. The van der Waals surface area contributed by atoms with Crippen molar-refractivity contribution in [2.24, 2.45) is 5.73 Å². The van der Waals surface area contributed by atoms with Crippen molar-refractivity contribution in [3.8, 4) is 11.3 Å². The summed E-state index contributed by atoms with van der Waals surface area (Å²) in [5.74, 6) is 0.660. The molecule has 1 heterocycles. The summed E-state index contributed by atoms with van der Waals surface area (Å²) in [6.45, 7) is 1.87. The lowest BCUT2D eigenvalue weighted by atomic mass is 10.1. The van der Waals surface area contributed by atoms with E-state index in [0.717, 1.165) is 15.7 Å². The van der Waals surface area contributed by atoms with Crippen LogP contribution in [0, 0.1) is 0 Å². The summed E-state index contributed by atoms with van der Waals surface area (Å²) >= 11 is 3.50. The van der Waals surface area contributed by atoms with Crippen molar-refractivity contribution in [2.75, 3.05) is 0 Å². The van der Waals surface area contributed by atoms with Crippen LogP contribution >= 0.6 is 15.9 Å². The van der Waals surface area contributed by atoms with Crippen LogP contribution in [0.1, 0.15) is 18.8 Å². The molecule has 0 aliphatic heterocycles. The van der Waals surface area contributed by atoms with Gasteiger partial charge in [-0.1, -0.05) is 34.1 Å². The van der Waals surface area contributed by atoms with Gasteiger partial charge in [0, 0.05) is 16.2 Å². The Morgan fingerprint density at radius 3 is 2.69 bits per heavy atom. The first-order valence-electron chi connectivity index (χ1n) is 5.02. The molecular weight excluding hydrogens is 266 g/mol. The third-order valence-corrected chi connectivity index (χ3v) is 2.92. The predicted octanol–water partition coefficient (Wildman–Crippen LogP) is 2.93. The standard InChI is InChI=1S/C12H12BrN3/c1-8(14)12-15-7-6-11(16-12)9-4-2-3-5-10(9)13/h2-8H,14H2,1H3. The topological polar surface area (TPSA) is 51.8 Å². The minimum absolute atomic E-state index is 0.151. The van der Waals surface area contributed by atoms with E-state index >= 15 is 0 Å². The molecule has 2 N–H and O–H groups in total. The summed E-state index contributed by atoms with van der Waals surface area (Å²) in [6, 6.07) is 9.68. The first-order chi connectivity index (χ1) is 7.68. The number of rotatable bonds is 2. The zero-order chi connectivity index (χ0) is 11.5. The molecule has 0 saturated carbocycles. The monoisotopic (exact) mass is 277 g/mol. The van der Waals surface area contributed by atoms with Gasteiger partial charge < -0.3 is 5.73 Å². The van der Waals surface area contributed by atoms with E-state index in [1.54, 1.807) is 6.20 Å². The Labute approximate surface area is 103 Å². The third kappa shape index (κ3) is 2.28. The van der Waals surface area contributed by atoms with Gasteiger partial charge in [0.1, 0.15) is 5.82 Å². The fraction of sp³-hybridized carbons (Fsp3) is 0.167. The van der Waals surface area contributed by atoms with Gasteiger partial charge in [0.15, 0.2) is 0 Å². The van der Waals surface area contributed by atoms with Gasteiger partial charge in [-0.2, -0.15) is 0 Å². The quantitative estimate of drug-likeness (QED) is 0.918. The molecule has 0 bridgehead atoms. The summed E-state index contributed by atoms with van der Waals surface area (Å²) in [4.78, 5) is 8.58. The molecule has 0 amide bonds. The van der Waals surface area contributed by atoms with Crippen molar-refractivity contribution < 1.29 is 0 Å². The maximum atomic E-state index is 5.76. The smallest absolute Gasteiger partial charge is 0.145 e. The Morgan fingerprint density at radius 1 is 1.25 bits per heavy atom. The molecule has 1 aromatic heterocycles. The van der Waals surface area contributed by atoms with Crippen LogP contribution in [0.25, 0.3) is 11.3 Å². The highest BCUT2D eigenvalue weighted by atomic mass is 79.9. The van der Waals surface area contributed by atoms with Crippen molar-refractivity contribution in [1.29, 1.82) is 0 Å². The van der Waals surface area contributed by atoms with Crippen molar-refractivity contribution in [3.63, 3.8) is 0 Å². The third-order valence-electron chi connectivity index (χ3n) is 2.23. The van der Waals surface area contributed by atoms with E-state index in [1.165, 1.54) is 0 Å². The average molecular weight is 278 g/mol. The van der Waals surface area contributed by atoms with Crippen LogP contribution < -0.4 is 5.73 Å². The first-order valence-corrected chi connectivity index (χ1v) is 5.81. The molecule has 0 saturated heterocycles. The van der Waals surface area contributed by atoms with Crippen LogP contribution in [0.15, 0.2) is 41.0 Å². The van der Waals surface area contributed by atoms with E-state index in [4.69, 9.17) is 5.73 Å². The van der Waals surface area contributed by atoms with Crippen LogP contribution in [-0.2, 0) is 0 Å². The van der Waals surface area contributed by atoms with E-state index in [2.05, 4.69) is 25.9 Å². The van der Waals surface area contributed by atoms with E-state index < -0.39 is 0 Å². The van der Waals surface area contributed by atoms with Crippen molar-refractivity contribution in [2.45, 2.75) is 13.0 Å². The first kappa shape index (κ1) is 11.2. The van der Waals surface area contributed by atoms with Crippen LogP contribution in [0.4, 0.5) is 0 Å². The largest absolute Gasteiger partial charge is 0.322 e. The normalized spacial score (nSPS) is 12.4. The number of hydrogen-bond acceptors (Lipinski definition) is 3. The molecule has 0 fully saturated rings. The van der Waals surface area contributed by atoms with Gasteiger partial charge in [-0.15, -0.1) is 0 Å². The molecule has 1 aromatic carbocycles. The highest BCUT2D eigenvalue weighted by Gasteiger charge is 2.07. The van der Waals surface area contributed by atoms with E-state index in [0.29, 0.717) is 5.82 Å². The summed E-state index contributed by atoms with van der Waals surface area (Å²) in [5.41, 5.74) is 7.69. The van der Waals surface area contributed by atoms with Gasteiger partial charge in [0.05, 0.1) is 11.7 Å². The zero-order valence-electron chi connectivity index (χ0n) is 8.89. The number of halogens is 1. The molecular formula is C12H12BrN3. The minimum Gasteiger partial charge on any atom is -0.322 e. The van der Waals surface area contributed by atoms with Gasteiger partial charge in [-0.25, -0.2) is 9.97 Å². The number of nitrogens with zero attached hydrogens (tertiary/aromatic N) is 2. The molecule has 82 valence electrons. The second-order valence-corrected chi connectivity index (χ2v) is 4.42.